The van der Waals surface area contributed by atoms with E-state index < -0.39 is 0 Å². The summed E-state index contributed by atoms with van der Waals surface area (Å²) in [5.74, 6) is 0. The molecular formula is C13H22. The van der Waals surface area contributed by atoms with Gasteiger partial charge in [-0.1, -0.05) is 32.4 Å². The molecule has 0 aliphatic rings. The smallest absolute Gasteiger partial charge is 0.0272 e. The van der Waals surface area contributed by atoms with Gasteiger partial charge in [0.1, 0.15) is 0 Å². The van der Waals surface area contributed by atoms with Crippen molar-refractivity contribution < 1.29 is 0 Å². The van der Waals surface area contributed by atoms with E-state index in [-0.39, 0.29) is 0 Å². The SMILES string of the molecule is CCC=CCCCC=C=CCCC. The second-order valence-electron chi connectivity index (χ2n) is 3.17. The number of hydrogen-bond acceptors (Lipinski definition) is 0. The maximum atomic E-state index is 3.20. The maximum absolute atomic E-state index is 3.20. The molecule has 13 heavy (non-hydrogen) atoms. The third-order valence-corrected chi connectivity index (χ3v) is 1.79. The van der Waals surface area contributed by atoms with Crippen LogP contribution in [-0.4, -0.2) is 0 Å². The van der Waals surface area contributed by atoms with E-state index in [0.717, 1.165) is 19.3 Å². The fourth-order valence-corrected chi connectivity index (χ4v) is 1.02. The average molecular weight is 178 g/mol. The van der Waals surface area contributed by atoms with Crippen LogP contribution in [0.25, 0.3) is 0 Å². The van der Waals surface area contributed by atoms with Crippen LogP contribution in [-0.2, 0) is 0 Å². The van der Waals surface area contributed by atoms with Crippen LogP contribution in [0.3, 0.4) is 0 Å². The molecule has 0 aromatic carbocycles. The molecule has 0 fully saturated rings. The molecule has 0 radical (unpaired) electrons. The van der Waals surface area contributed by atoms with Gasteiger partial charge in [-0.3, -0.25) is 0 Å². The maximum Gasteiger partial charge on any atom is -0.0272 e. The van der Waals surface area contributed by atoms with E-state index in [9.17, 15) is 0 Å². The molecule has 0 amide bonds. The predicted octanol–water partition coefficient (Wildman–Crippen LogP) is 4.63. The summed E-state index contributed by atoms with van der Waals surface area (Å²) in [6.07, 6.45) is 15.9. The molecule has 0 N–H and O–H groups in total. The lowest BCUT2D eigenvalue weighted by Crippen LogP contribution is -1.67. The van der Waals surface area contributed by atoms with Crippen LogP contribution < -0.4 is 0 Å². The molecular weight excluding hydrogens is 156 g/mol. The first kappa shape index (κ1) is 12.3. The lowest BCUT2D eigenvalue weighted by Gasteiger charge is -1.87. The third kappa shape index (κ3) is 11.3. The molecule has 0 saturated heterocycles. The molecule has 74 valence electrons. The Balaban J connectivity index is 3.24. The Kier molecular flexibility index (Phi) is 10.6. The van der Waals surface area contributed by atoms with Gasteiger partial charge >= 0.3 is 0 Å². The minimum Gasteiger partial charge on any atom is -0.130 e. The molecule has 0 heterocycles. The molecule has 0 nitrogen and oxygen atoms in total. The predicted molar refractivity (Wildman–Crippen MR) is 60.8 cm³/mol. The Morgan fingerprint density at radius 1 is 0.923 bits per heavy atom. The van der Waals surface area contributed by atoms with Crippen molar-refractivity contribution in [1.82, 2.24) is 0 Å². The largest absolute Gasteiger partial charge is 0.130 e. The van der Waals surface area contributed by atoms with E-state index in [1.165, 1.54) is 19.3 Å². The Morgan fingerprint density at radius 2 is 1.69 bits per heavy atom. The number of hydrogen-bond donors (Lipinski definition) is 0. The van der Waals surface area contributed by atoms with Crippen molar-refractivity contribution in [2.45, 2.75) is 52.4 Å². The molecule has 0 aromatic rings. The van der Waals surface area contributed by atoms with Gasteiger partial charge in [0, 0.05) is 0 Å². The molecule has 0 spiro atoms. The quantitative estimate of drug-likeness (QED) is 0.303. The van der Waals surface area contributed by atoms with Crippen LogP contribution in [0.1, 0.15) is 52.4 Å². The van der Waals surface area contributed by atoms with Crippen LogP contribution in [0.15, 0.2) is 30.0 Å². The highest BCUT2D eigenvalue weighted by molar-refractivity contribution is 4.86. The fourth-order valence-electron chi connectivity index (χ4n) is 1.02. The standard InChI is InChI=1S/C13H22/c1-3-5-7-9-11-13-12-10-8-6-4-2/h5,7-8,12H,3-4,6,9,11,13H2,1-2H3. The summed E-state index contributed by atoms with van der Waals surface area (Å²) in [6.45, 7) is 4.36. The minimum atomic E-state index is 1.16. The van der Waals surface area contributed by atoms with E-state index in [1.807, 2.05) is 0 Å². The summed E-state index contributed by atoms with van der Waals surface area (Å²) < 4.78 is 0. The summed E-state index contributed by atoms with van der Waals surface area (Å²) in [6, 6.07) is 0. The van der Waals surface area contributed by atoms with E-state index in [4.69, 9.17) is 0 Å². The lowest BCUT2D eigenvalue weighted by atomic mass is 10.2. The van der Waals surface area contributed by atoms with Gasteiger partial charge in [-0.15, -0.1) is 5.73 Å². The van der Waals surface area contributed by atoms with Crippen LogP contribution in [0, 0.1) is 0 Å². The first-order valence-corrected chi connectivity index (χ1v) is 5.46. The van der Waals surface area contributed by atoms with E-state index >= 15 is 0 Å². The van der Waals surface area contributed by atoms with Gasteiger partial charge in [-0.05, 0) is 44.3 Å². The van der Waals surface area contributed by atoms with Crippen molar-refractivity contribution in [2.75, 3.05) is 0 Å². The summed E-state index contributed by atoms with van der Waals surface area (Å²) in [7, 11) is 0. The minimum absolute atomic E-state index is 1.16. The molecule has 0 aliphatic carbocycles. The summed E-state index contributed by atoms with van der Waals surface area (Å²) >= 11 is 0. The van der Waals surface area contributed by atoms with Gasteiger partial charge in [0.25, 0.3) is 0 Å². The van der Waals surface area contributed by atoms with E-state index in [1.54, 1.807) is 0 Å². The van der Waals surface area contributed by atoms with Gasteiger partial charge in [-0.2, -0.15) is 0 Å². The molecule has 0 unspecified atom stereocenters. The lowest BCUT2D eigenvalue weighted by molar-refractivity contribution is 0.865. The van der Waals surface area contributed by atoms with Gasteiger partial charge in [0.2, 0.25) is 0 Å². The Bertz CT molecular complexity index is 168. The third-order valence-electron chi connectivity index (χ3n) is 1.79. The van der Waals surface area contributed by atoms with Crippen molar-refractivity contribution in [3.63, 3.8) is 0 Å². The van der Waals surface area contributed by atoms with E-state index in [2.05, 4.69) is 43.9 Å². The highest BCUT2D eigenvalue weighted by Crippen LogP contribution is 1.98. The first-order chi connectivity index (χ1) is 6.41. The zero-order valence-corrected chi connectivity index (χ0v) is 9.05. The fraction of sp³-hybridized carbons (Fsp3) is 0.615. The Morgan fingerprint density at radius 3 is 2.38 bits per heavy atom. The monoisotopic (exact) mass is 178 g/mol. The van der Waals surface area contributed by atoms with Crippen LogP contribution in [0.4, 0.5) is 0 Å². The zero-order valence-electron chi connectivity index (χ0n) is 9.05. The van der Waals surface area contributed by atoms with Crippen molar-refractivity contribution in [1.29, 1.82) is 0 Å². The molecule has 0 aliphatic heterocycles. The summed E-state index contributed by atoms with van der Waals surface area (Å²) in [5, 5.41) is 0. The molecule has 0 atom stereocenters. The summed E-state index contributed by atoms with van der Waals surface area (Å²) in [5.41, 5.74) is 3.20. The van der Waals surface area contributed by atoms with Gasteiger partial charge < -0.3 is 0 Å². The molecule has 0 heteroatoms. The Hall–Kier alpha value is -0.740. The second kappa shape index (κ2) is 11.3. The van der Waals surface area contributed by atoms with Gasteiger partial charge in [0.15, 0.2) is 0 Å². The van der Waals surface area contributed by atoms with Crippen LogP contribution in [0.2, 0.25) is 0 Å². The van der Waals surface area contributed by atoms with Gasteiger partial charge in [-0.25, -0.2) is 0 Å². The highest BCUT2D eigenvalue weighted by Gasteiger charge is 1.78. The van der Waals surface area contributed by atoms with Crippen LogP contribution in [0.5, 0.6) is 0 Å². The van der Waals surface area contributed by atoms with Gasteiger partial charge in [0.05, 0.1) is 0 Å². The first-order valence-electron chi connectivity index (χ1n) is 5.46. The normalized spacial score (nSPS) is 10.0. The second-order valence-corrected chi connectivity index (χ2v) is 3.17. The number of unbranched alkanes of at least 4 members (excludes halogenated alkanes) is 3. The zero-order chi connectivity index (χ0) is 9.78. The average Bonchev–Trinajstić information content (AvgIpc) is 2.16. The van der Waals surface area contributed by atoms with Crippen molar-refractivity contribution in [3.8, 4) is 0 Å². The molecule has 0 rings (SSSR count). The van der Waals surface area contributed by atoms with Crippen LogP contribution >= 0.6 is 0 Å². The number of allylic oxidation sites excluding steroid dienone is 3. The van der Waals surface area contributed by atoms with E-state index in [0.29, 0.717) is 0 Å². The topological polar surface area (TPSA) is 0 Å². The van der Waals surface area contributed by atoms with Crippen molar-refractivity contribution >= 4 is 0 Å². The highest BCUT2D eigenvalue weighted by atomic mass is 13.8. The molecule has 0 bridgehead atoms. The Labute approximate surface area is 83.0 Å². The summed E-state index contributed by atoms with van der Waals surface area (Å²) in [4.78, 5) is 0. The molecule has 0 saturated carbocycles. The van der Waals surface area contributed by atoms with Crippen molar-refractivity contribution in [2.24, 2.45) is 0 Å². The molecule has 0 aromatic heterocycles. The van der Waals surface area contributed by atoms with Crippen molar-refractivity contribution in [3.05, 3.63) is 30.0 Å². The number of rotatable bonds is 7.